The molecule has 0 spiro atoms. The summed E-state index contributed by atoms with van der Waals surface area (Å²) >= 11 is 0. The Labute approximate surface area is 134 Å². The van der Waals surface area contributed by atoms with E-state index in [1.807, 2.05) is 12.1 Å². The summed E-state index contributed by atoms with van der Waals surface area (Å²) in [7, 11) is 1.66. The van der Waals surface area contributed by atoms with E-state index in [9.17, 15) is 4.79 Å². The standard InChI is InChI=1S/C18H30N2O2/c1-18(2,15-9-11-16(22-3)12-10-15)14-20-17(21)8-6-4-5-7-13-19/h9-12H,4-8,13-14,19H2,1-3H3,(H,20,21). The van der Waals surface area contributed by atoms with Gasteiger partial charge in [-0.15, -0.1) is 0 Å². The lowest BCUT2D eigenvalue weighted by atomic mass is 9.84. The van der Waals surface area contributed by atoms with Crippen LogP contribution in [0.15, 0.2) is 24.3 Å². The maximum absolute atomic E-state index is 11.9. The van der Waals surface area contributed by atoms with E-state index in [4.69, 9.17) is 10.5 Å². The van der Waals surface area contributed by atoms with Crippen LogP contribution < -0.4 is 15.8 Å². The molecule has 1 aromatic carbocycles. The van der Waals surface area contributed by atoms with Crippen LogP contribution in [-0.2, 0) is 10.2 Å². The number of rotatable bonds is 10. The molecule has 0 atom stereocenters. The topological polar surface area (TPSA) is 64.3 Å². The summed E-state index contributed by atoms with van der Waals surface area (Å²) in [6.07, 6.45) is 4.78. The number of benzene rings is 1. The van der Waals surface area contributed by atoms with E-state index >= 15 is 0 Å². The first-order chi connectivity index (χ1) is 10.5. The molecule has 3 N–H and O–H groups in total. The quantitative estimate of drug-likeness (QED) is 0.653. The van der Waals surface area contributed by atoms with E-state index < -0.39 is 0 Å². The molecule has 1 amide bonds. The van der Waals surface area contributed by atoms with Gasteiger partial charge in [0.1, 0.15) is 5.75 Å². The van der Waals surface area contributed by atoms with Crippen molar-refractivity contribution in [2.24, 2.45) is 5.73 Å². The second-order valence-corrected chi connectivity index (χ2v) is 6.34. The number of carbonyl (C=O) groups is 1. The molecule has 0 aromatic heterocycles. The van der Waals surface area contributed by atoms with Gasteiger partial charge in [-0.3, -0.25) is 4.79 Å². The van der Waals surface area contributed by atoms with Gasteiger partial charge in [0.05, 0.1) is 7.11 Å². The molecule has 0 aliphatic heterocycles. The van der Waals surface area contributed by atoms with Gasteiger partial charge in [0.25, 0.3) is 0 Å². The lowest BCUT2D eigenvalue weighted by Gasteiger charge is -2.26. The molecule has 4 nitrogen and oxygen atoms in total. The number of hydrogen-bond acceptors (Lipinski definition) is 3. The fourth-order valence-corrected chi connectivity index (χ4v) is 2.34. The fraction of sp³-hybridized carbons (Fsp3) is 0.611. The molecule has 0 fully saturated rings. The zero-order valence-corrected chi connectivity index (χ0v) is 14.2. The van der Waals surface area contributed by atoms with Crippen molar-refractivity contribution in [1.29, 1.82) is 0 Å². The first-order valence-electron chi connectivity index (χ1n) is 8.11. The first kappa shape index (κ1) is 18.5. The molecule has 0 aliphatic carbocycles. The van der Waals surface area contributed by atoms with Gasteiger partial charge in [-0.25, -0.2) is 0 Å². The highest BCUT2D eigenvalue weighted by molar-refractivity contribution is 5.75. The van der Waals surface area contributed by atoms with Crippen molar-refractivity contribution in [3.05, 3.63) is 29.8 Å². The van der Waals surface area contributed by atoms with Gasteiger partial charge < -0.3 is 15.8 Å². The smallest absolute Gasteiger partial charge is 0.220 e. The van der Waals surface area contributed by atoms with Gasteiger partial charge >= 0.3 is 0 Å². The Balaban J connectivity index is 2.35. The molecular weight excluding hydrogens is 276 g/mol. The van der Waals surface area contributed by atoms with Gasteiger partial charge in [0.15, 0.2) is 0 Å². The Bertz CT molecular complexity index is 441. The Kier molecular flexibility index (Phi) is 7.96. The number of nitrogens with one attached hydrogen (secondary N) is 1. The monoisotopic (exact) mass is 306 g/mol. The molecule has 1 aromatic rings. The summed E-state index contributed by atoms with van der Waals surface area (Å²) in [5, 5.41) is 3.05. The van der Waals surface area contributed by atoms with Crippen LogP contribution in [0.3, 0.4) is 0 Å². The van der Waals surface area contributed by atoms with Crippen LogP contribution in [0.25, 0.3) is 0 Å². The lowest BCUT2D eigenvalue weighted by Crippen LogP contribution is -2.36. The van der Waals surface area contributed by atoms with Crippen LogP contribution in [0.2, 0.25) is 0 Å². The van der Waals surface area contributed by atoms with Crippen molar-refractivity contribution in [1.82, 2.24) is 5.32 Å². The zero-order valence-electron chi connectivity index (χ0n) is 14.2. The van der Waals surface area contributed by atoms with Crippen LogP contribution in [0.5, 0.6) is 5.75 Å². The number of methoxy groups -OCH3 is 1. The maximum atomic E-state index is 11.9. The van der Waals surface area contributed by atoms with Gasteiger partial charge in [-0.1, -0.05) is 38.8 Å². The van der Waals surface area contributed by atoms with Crippen molar-refractivity contribution in [2.45, 2.75) is 51.4 Å². The molecule has 0 unspecified atom stereocenters. The second-order valence-electron chi connectivity index (χ2n) is 6.34. The highest BCUT2D eigenvalue weighted by Gasteiger charge is 2.21. The number of unbranched alkanes of at least 4 members (excludes halogenated alkanes) is 3. The maximum Gasteiger partial charge on any atom is 0.220 e. The molecule has 0 aliphatic rings. The van der Waals surface area contributed by atoms with Gasteiger partial charge in [0, 0.05) is 18.4 Å². The molecular formula is C18H30N2O2. The zero-order chi connectivity index (χ0) is 16.4. The Hall–Kier alpha value is -1.55. The van der Waals surface area contributed by atoms with E-state index in [1.165, 1.54) is 5.56 Å². The minimum atomic E-state index is -0.0958. The number of ether oxygens (including phenoxy) is 1. The minimum absolute atomic E-state index is 0.0958. The molecule has 1 rings (SSSR count). The lowest BCUT2D eigenvalue weighted by molar-refractivity contribution is -0.121. The highest BCUT2D eigenvalue weighted by Crippen LogP contribution is 2.24. The molecule has 0 saturated carbocycles. The highest BCUT2D eigenvalue weighted by atomic mass is 16.5. The number of nitrogens with two attached hydrogens (primary N) is 1. The average molecular weight is 306 g/mol. The third kappa shape index (κ3) is 6.48. The minimum Gasteiger partial charge on any atom is -0.497 e. The van der Waals surface area contributed by atoms with E-state index in [2.05, 4.69) is 31.3 Å². The molecule has 0 heterocycles. The number of hydrogen-bond donors (Lipinski definition) is 2. The van der Waals surface area contributed by atoms with Crippen LogP contribution in [0, 0.1) is 0 Å². The summed E-state index contributed by atoms with van der Waals surface area (Å²) in [5.74, 6) is 0.982. The second kappa shape index (κ2) is 9.46. The molecule has 22 heavy (non-hydrogen) atoms. The van der Waals surface area contributed by atoms with E-state index in [0.717, 1.165) is 38.0 Å². The predicted octanol–water partition coefficient (Wildman–Crippen LogP) is 3.00. The molecule has 124 valence electrons. The fourth-order valence-electron chi connectivity index (χ4n) is 2.34. The van der Waals surface area contributed by atoms with Crippen molar-refractivity contribution < 1.29 is 9.53 Å². The van der Waals surface area contributed by atoms with Gasteiger partial charge in [0.2, 0.25) is 5.91 Å². The summed E-state index contributed by atoms with van der Waals surface area (Å²) in [5.41, 5.74) is 6.55. The van der Waals surface area contributed by atoms with Crippen LogP contribution >= 0.6 is 0 Å². The molecule has 0 radical (unpaired) electrons. The van der Waals surface area contributed by atoms with Crippen molar-refractivity contribution in [2.75, 3.05) is 20.2 Å². The summed E-state index contributed by atoms with van der Waals surface area (Å²) < 4.78 is 5.17. The third-order valence-electron chi connectivity index (χ3n) is 3.96. The SMILES string of the molecule is COc1ccc(C(C)(C)CNC(=O)CCCCCCN)cc1. The Morgan fingerprint density at radius 2 is 1.77 bits per heavy atom. The van der Waals surface area contributed by atoms with Crippen LogP contribution in [0.1, 0.15) is 51.5 Å². The van der Waals surface area contributed by atoms with Gasteiger partial charge in [-0.2, -0.15) is 0 Å². The van der Waals surface area contributed by atoms with Crippen molar-refractivity contribution >= 4 is 5.91 Å². The molecule has 0 bridgehead atoms. The third-order valence-corrected chi connectivity index (χ3v) is 3.96. The van der Waals surface area contributed by atoms with E-state index in [1.54, 1.807) is 7.11 Å². The van der Waals surface area contributed by atoms with Gasteiger partial charge in [-0.05, 0) is 37.1 Å². The normalized spacial score (nSPS) is 11.3. The summed E-state index contributed by atoms with van der Waals surface area (Å²) in [4.78, 5) is 11.9. The first-order valence-corrected chi connectivity index (χ1v) is 8.11. The average Bonchev–Trinajstić information content (AvgIpc) is 2.53. The largest absolute Gasteiger partial charge is 0.497 e. The predicted molar refractivity (Wildman–Crippen MR) is 91.2 cm³/mol. The van der Waals surface area contributed by atoms with Crippen LogP contribution in [0.4, 0.5) is 0 Å². The van der Waals surface area contributed by atoms with E-state index in [0.29, 0.717) is 13.0 Å². The summed E-state index contributed by atoms with van der Waals surface area (Å²) in [6, 6.07) is 8.02. The van der Waals surface area contributed by atoms with Crippen molar-refractivity contribution in [3.8, 4) is 5.75 Å². The molecule has 0 saturated heterocycles. The molecule has 4 heteroatoms. The number of amides is 1. The van der Waals surface area contributed by atoms with E-state index in [-0.39, 0.29) is 11.3 Å². The summed E-state index contributed by atoms with van der Waals surface area (Å²) in [6.45, 7) is 5.65. The number of carbonyl (C=O) groups excluding carboxylic acids is 1. The van der Waals surface area contributed by atoms with Crippen molar-refractivity contribution in [3.63, 3.8) is 0 Å². The van der Waals surface area contributed by atoms with Crippen LogP contribution in [-0.4, -0.2) is 26.1 Å². The Morgan fingerprint density at radius 1 is 1.14 bits per heavy atom. The Morgan fingerprint density at radius 3 is 2.36 bits per heavy atom.